The summed E-state index contributed by atoms with van der Waals surface area (Å²) in [6, 6.07) is 17.1. The lowest BCUT2D eigenvalue weighted by atomic mass is 9.90. The molecule has 0 bridgehead atoms. The van der Waals surface area contributed by atoms with E-state index in [2.05, 4.69) is 29.9 Å². The van der Waals surface area contributed by atoms with Crippen molar-refractivity contribution in [3.8, 4) is 11.3 Å². The van der Waals surface area contributed by atoms with Crippen LogP contribution in [0.4, 0.5) is 17.5 Å². The summed E-state index contributed by atoms with van der Waals surface area (Å²) in [4.78, 5) is 16.0. The first-order valence-electron chi connectivity index (χ1n) is 13.3. The van der Waals surface area contributed by atoms with Crippen LogP contribution in [0.5, 0.6) is 0 Å². The van der Waals surface area contributed by atoms with Gasteiger partial charge in [0.2, 0.25) is 0 Å². The van der Waals surface area contributed by atoms with Crippen molar-refractivity contribution < 1.29 is 9.15 Å². The van der Waals surface area contributed by atoms with E-state index in [1.165, 1.54) is 6.33 Å². The molecular weight excluding hydrogens is 480 g/mol. The average Bonchev–Trinajstić information content (AvgIpc) is 3.56. The number of oxazole rings is 1. The van der Waals surface area contributed by atoms with E-state index < -0.39 is 0 Å². The fraction of sp³-hybridized carbons (Fsp3) is 0.357. The maximum absolute atomic E-state index is 6.37. The highest BCUT2D eigenvalue weighted by molar-refractivity contribution is 5.98. The van der Waals surface area contributed by atoms with Crippen molar-refractivity contribution in [2.75, 3.05) is 37.4 Å². The molecule has 0 amide bonds. The second-order valence-electron chi connectivity index (χ2n) is 10.1. The van der Waals surface area contributed by atoms with Gasteiger partial charge in [0.05, 0.1) is 24.6 Å². The molecule has 1 aliphatic carbocycles. The fourth-order valence-corrected chi connectivity index (χ4v) is 5.82. The number of hydrogen-bond donors (Lipinski definition) is 2. The van der Waals surface area contributed by atoms with Crippen LogP contribution < -0.4 is 11.1 Å². The molecular formula is C28H30N8O2. The summed E-state index contributed by atoms with van der Waals surface area (Å²) < 4.78 is 13.4. The van der Waals surface area contributed by atoms with Crippen molar-refractivity contribution in [1.82, 2.24) is 29.6 Å². The number of rotatable bonds is 5. The molecule has 1 saturated carbocycles. The van der Waals surface area contributed by atoms with E-state index in [4.69, 9.17) is 20.0 Å². The van der Waals surface area contributed by atoms with Crippen molar-refractivity contribution in [3.05, 3.63) is 54.9 Å². The minimum Gasteiger partial charge on any atom is -0.423 e. The van der Waals surface area contributed by atoms with Crippen LogP contribution in [0.25, 0.3) is 33.4 Å². The SMILES string of the molecule is Nc1ncnc2c1c(-c1ccc(Nc3nc4ccccc4o3)cc1)nn2C1CCC(N2CCOCC2)CC1. The molecule has 0 atom stereocenters. The lowest BCUT2D eigenvalue weighted by Crippen LogP contribution is -2.45. The fourth-order valence-electron chi connectivity index (χ4n) is 5.82. The van der Waals surface area contributed by atoms with Crippen LogP contribution in [-0.4, -0.2) is 62.0 Å². The molecule has 0 spiro atoms. The second-order valence-corrected chi connectivity index (χ2v) is 10.1. The molecule has 4 heterocycles. The van der Waals surface area contributed by atoms with Crippen molar-refractivity contribution in [2.45, 2.75) is 37.8 Å². The molecule has 5 aromatic rings. The molecule has 38 heavy (non-hydrogen) atoms. The van der Waals surface area contributed by atoms with Gasteiger partial charge in [-0.2, -0.15) is 10.1 Å². The smallest absolute Gasteiger partial charge is 0.300 e. The highest BCUT2D eigenvalue weighted by atomic mass is 16.5. The summed E-state index contributed by atoms with van der Waals surface area (Å²) in [5, 5.41) is 9.13. The average molecular weight is 511 g/mol. The molecule has 2 aromatic carbocycles. The second kappa shape index (κ2) is 9.70. The number of fused-ring (bicyclic) bond motifs is 2. The summed E-state index contributed by atoms with van der Waals surface area (Å²) in [5.74, 6) is 0.451. The van der Waals surface area contributed by atoms with Crippen LogP contribution in [0.1, 0.15) is 31.7 Å². The predicted octanol–water partition coefficient (Wildman–Crippen LogP) is 4.78. The Morgan fingerprint density at radius 2 is 1.66 bits per heavy atom. The molecule has 3 N–H and O–H groups in total. The normalized spacial score (nSPS) is 20.7. The van der Waals surface area contributed by atoms with Crippen molar-refractivity contribution in [2.24, 2.45) is 0 Å². The van der Waals surface area contributed by atoms with Gasteiger partial charge < -0.3 is 20.2 Å². The first-order valence-corrected chi connectivity index (χ1v) is 13.3. The number of anilines is 3. The number of ether oxygens (including phenoxy) is 1. The third-order valence-electron chi connectivity index (χ3n) is 7.80. The first-order chi connectivity index (χ1) is 18.7. The molecule has 1 aliphatic heterocycles. The molecule has 10 heteroatoms. The maximum atomic E-state index is 6.37. The van der Waals surface area contributed by atoms with Crippen molar-refractivity contribution in [3.63, 3.8) is 0 Å². The zero-order valence-electron chi connectivity index (χ0n) is 21.1. The zero-order valence-corrected chi connectivity index (χ0v) is 21.1. The van der Waals surface area contributed by atoms with Crippen molar-refractivity contribution in [1.29, 1.82) is 0 Å². The molecule has 3 aromatic heterocycles. The van der Waals surface area contributed by atoms with Gasteiger partial charge in [-0.25, -0.2) is 14.6 Å². The van der Waals surface area contributed by atoms with Crippen LogP contribution in [0, 0.1) is 0 Å². The van der Waals surface area contributed by atoms with Gasteiger partial charge in [-0.1, -0.05) is 24.3 Å². The highest BCUT2D eigenvalue weighted by Crippen LogP contribution is 2.37. The Hall–Kier alpha value is -4.02. The van der Waals surface area contributed by atoms with Crippen LogP contribution in [0.3, 0.4) is 0 Å². The van der Waals surface area contributed by atoms with E-state index in [-0.39, 0.29) is 6.04 Å². The Kier molecular flexibility index (Phi) is 5.90. The number of nitrogens with two attached hydrogens (primary N) is 1. The number of aromatic nitrogens is 5. The Balaban J connectivity index is 1.14. The predicted molar refractivity (Wildman–Crippen MR) is 146 cm³/mol. The topological polar surface area (TPSA) is 120 Å². The lowest BCUT2D eigenvalue weighted by molar-refractivity contribution is 0.00520. The minimum absolute atomic E-state index is 0.290. The Morgan fingerprint density at radius 1 is 0.895 bits per heavy atom. The Morgan fingerprint density at radius 3 is 2.45 bits per heavy atom. The molecule has 0 unspecified atom stereocenters. The highest BCUT2D eigenvalue weighted by Gasteiger charge is 2.30. The van der Waals surface area contributed by atoms with Crippen LogP contribution in [0.2, 0.25) is 0 Å². The Bertz CT molecular complexity index is 1530. The number of benzene rings is 2. The van der Waals surface area contributed by atoms with Gasteiger partial charge in [0.15, 0.2) is 11.2 Å². The number of morpholine rings is 1. The quantitative estimate of drug-likeness (QED) is 0.344. The zero-order chi connectivity index (χ0) is 25.5. The third kappa shape index (κ3) is 4.25. The van der Waals surface area contributed by atoms with E-state index in [0.717, 1.165) is 91.1 Å². The summed E-state index contributed by atoms with van der Waals surface area (Å²) in [6.07, 6.45) is 5.97. The number of hydrogen-bond acceptors (Lipinski definition) is 9. The molecule has 10 nitrogen and oxygen atoms in total. The van der Waals surface area contributed by atoms with Crippen molar-refractivity contribution >= 4 is 39.7 Å². The van der Waals surface area contributed by atoms with E-state index >= 15 is 0 Å². The molecule has 194 valence electrons. The van der Waals surface area contributed by atoms with Crippen LogP contribution in [0.15, 0.2) is 59.3 Å². The lowest BCUT2D eigenvalue weighted by Gasteiger charge is -2.38. The molecule has 2 aliphatic rings. The Labute approximate surface area is 219 Å². The maximum Gasteiger partial charge on any atom is 0.300 e. The number of nitrogen functional groups attached to an aromatic ring is 1. The summed E-state index contributed by atoms with van der Waals surface area (Å²) in [6.45, 7) is 3.75. The monoisotopic (exact) mass is 510 g/mol. The third-order valence-corrected chi connectivity index (χ3v) is 7.80. The summed E-state index contributed by atoms with van der Waals surface area (Å²) >= 11 is 0. The van der Waals surface area contributed by atoms with E-state index in [1.54, 1.807) is 0 Å². The number of nitrogens with zero attached hydrogens (tertiary/aromatic N) is 6. The van der Waals surface area contributed by atoms with E-state index in [0.29, 0.717) is 17.9 Å². The minimum atomic E-state index is 0.290. The van der Waals surface area contributed by atoms with Gasteiger partial charge in [-0.15, -0.1) is 0 Å². The molecule has 7 rings (SSSR count). The standard InChI is InChI=1S/C28H30N8O2/c29-26-24-25(18-5-7-19(8-6-18)32-28-33-22-3-1-2-4-23(22)38-28)34-36(27(24)31-17-30-26)21-11-9-20(10-12-21)35-13-15-37-16-14-35/h1-8,17,20-21H,9-16H2,(H,32,33)(H2,29,30,31). The van der Waals surface area contributed by atoms with Gasteiger partial charge >= 0.3 is 0 Å². The van der Waals surface area contributed by atoms with E-state index in [9.17, 15) is 0 Å². The first kappa shape index (κ1) is 23.1. The number of para-hydroxylation sites is 2. The van der Waals surface area contributed by atoms with Gasteiger partial charge in [-0.05, 0) is 49.9 Å². The molecule has 2 fully saturated rings. The number of nitrogens with one attached hydrogen (secondary N) is 1. The van der Waals surface area contributed by atoms with E-state index in [1.807, 2.05) is 48.5 Å². The largest absolute Gasteiger partial charge is 0.423 e. The van der Waals surface area contributed by atoms with Gasteiger partial charge in [0, 0.05) is 30.4 Å². The van der Waals surface area contributed by atoms with Crippen LogP contribution in [-0.2, 0) is 4.74 Å². The van der Waals surface area contributed by atoms with Crippen LogP contribution >= 0.6 is 0 Å². The molecule has 1 saturated heterocycles. The van der Waals surface area contributed by atoms with Gasteiger partial charge in [0.25, 0.3) is 6.01 Å². The van der Waals surface area contributed by atoms with Gasteiger partial charge in [0.1, 0.15) is 23.4 Å². The summed E-state index contributed by atoms with van der Waals surface area (Å²) in [5.41, 5.74) is 11.4. The van der Waals surface area contributed by atoms with Gasteiger partial charge in [-0.3, -0.25) is 4.90 Å². The molecule has 0 radical (unpaired) electrons. The summed E-state index contributed by atoms with van der Waals surface area (Å²) in [7, 11) is 0.